The molecular weight excluding hydrogens is 375 g/mol. The Balaban J connectivity index is 1.81. The van der Waals surface area contributed by atoms with Crippen molar-refractivity contribution in [1.29, 1.82) is 0 Å². The van der Waals surface area contributed by atoms with E-state index in [2.05, 4.69) is 5.32 Å². The van der Waals surface area contributed by atoms with Gasteiger partial charge in [0, 0.05) is 6.04 Å². The van der Waals surface area contributed by atoms with Crippen LogP contribution >= 0.6 is 0 Å². The Bertz CT molecular complexity index is 989. The minimum absolute atomic E-state index is 0.390. The van der Waals surface area contributed by atoms with Gasteiger partial charge in [-0.05, 0) is 43.7 Å². The molecule has 0 unspecified atom stereocenters. The van der Waals surface area contributed by atoms with Crippen LogP contribution in [0.5, 0.6) is 0 Å². The van der Waals surface area contributed by atoms with Gasteiger partial charge in [-0.2, -0.15) is 0 Å². The highest BCUT2D eigenvalue weighted by Crippen LogP contribution is 2.49. The number of fused-ring (bicyclic) bond motifs is 1. The molecule has 6 nitrogen and oxygen atoms in total. The molecule has 2 fully saturated rings. The maximum atomic E-state index is 13.4. The van der Waals surface area contributed by atoms with Crippen molar-refractivity contribution in [2.75, 3.05) is 12.0 Å². The second kappa shape index (κ2) is 6.77. The summed E-state index contributed by atoms with van der Waals surface area (Å²) >= 11 is 0. The lowest BCUT2D eigenvalue weighted by Crippen LogP contribution is -2.54. The molecule has 4 rings (SSSR count). The van der Waals surface area contributed by atoms with E-state index in [1.807, 2.05) is 19.1 Å². The van der Waals surface area contributed by atoms with E-state index in [1.54, 1.807) is 31.2 Å². The lowest BCUT2D eigenvalue weighted by Gasteiger charge is -2.28. The third kappa shape index (κ3) is 2.84. The third-order valence-electron chi connectivity index (χ3n) is 5.92. The van der Waals surface area contributed by atoms with Crippen LogP contribution in [0.15, 0.2) is 48.5 Å². The lowest BCUT2D eigenvalue weighted by molar-refractivity contribution is -0.151. The van der Waals surface area contributed by atoms with Crippen LogP contribution < -0.4 is 10.2 Å². The molecule has 2 amide bonds. The fourth-order valence-electron chi connectivity index (χ4n) is 4.44. The van der Waals surface area contributed by atoms with E-state index in [0.29, 0.717) is 11.3 Å². The Morgan fingerprint density at radius 1 is 1.07 bits per heavy atom. The van der Waals surface area contributed by atoms with Gasteiger partial charge >= 0.3 is 5.97 Å². The number of nitrogens with zero attached hydrogens (tertiary/aromatic N) is 1. The van der Waals surface area contributed by atoms with Crippen molar-refractivity contribution < 1.29 is 23.5 Å². The number of nitrogens with one attached hydrogen (secondary N) is 1. The predicted octanol–water partition coefficient (Wildman–Crippen LogP) is 2.52. The zero-order valence-electron chi connectivity index (χ0n) is 16.3. The van der Waals surface area contributed by atoms with Gasteiger partial charge in [0.2, 0.25) is 11.8 Å². The number of methoxy groups -OCH3 is 1. The summed E-state index contributed by atoms with van der Waals surface area (Å²) < 4.78 is 18.4. The number of esters is 1. The summed E-state index contributed by atoms with van der Waals surface area (Å²) in [6.45, 7) is 3.48. The van der Waals surface area contributed by atoms with Gasteiger partial charge in [-0.1, -0.05) is 29.8 Å². The highest BCUT2D eigenvalue weighted by atomic mass is 19.1. The van der Waals surface area contributed by atoms with E-state index in [1.165, 1.54) is 19.2 Å². The van der Waals surface area contributed by atoms with E-state index in [4.69, 9.17) is 4.74 Å². The topological polar surface area (TPSA) is 75.7 Å². The van der Waals surface area contributed by atoms with E-state index in [9.17, 15) is 18.8 Å². The summed E-state index contributed by atoms with van der Waals surface area (Å²) in [5, 5.41) is 3.13. The van der Waals surface area contributed by atoms with Gasteiger partial charge in [-0.15, -0.1) is 0 Å². The van der Waals surface area contributed by atoms with Crippen LogP contribution in [0.1, 0.15) is 24.1 Å². The fourth-order valence-corrected chi connectivity index (χ4v) is 4.44. The molecule has 29 heavy (non-hydrogen) atoms. The molecule has 0 radical (unpaired) electrons. The van der Waals surface area contributed by atoms with E-state index >= 15 is 0 Å². The van der Waals surface area contributed by atoms with Crippen molar-refractivity contribution in [3.63, 3.8) is 0 Å². The highest BCUT2D eigenvalue weighted by Gasteiger charge is 2.67. The maximum absolute atomic E-state index is 13.4. The van der Waals surface area contributed by atoms with Crippen molar-refractivity contribution in [1.82, 2.24) is 5.32 Å². The summed E-state index contributed by atoms with van der Waals surface area (Å²) in [6, 6.07) is 12.1. The predicted molar refractivity (Wildman–Crippen MR) is 103 cm³/mol. The number of hydrogen-bond acceptors (Lipinski definition) is 5. The van der Waals surface area contributed by atoms with Gasteiger partial charge in [0.15, 0.2) is 0 Å². The van der Waals surface area contributed by atoms with Gasteiger partial charge < -0.3 is 4.74 Å². The smallest absolute Gasteiger partial charge is 0.326 e. The van der Waals surface area contributed by atoms with Crippen LogP contribution in [0.2, 0.25) is 0 Å². The summed E-state index contributed by atoms with van der Waals surface area (Å²) in [7, 11) is 1.24. The van der Waals surface area contributed by atoms with Gasteiger partial charge in [0.1, 0.15) is 11.4 Å². The zero-order chi connectivity index (χ0) is 20.9. The van der Waals surface area contributed by atoms with Crippen molar-refractivity contribution in [3.8, 4) is 0 Å². The number of anilines is 1. The summed E-state index contributed by atoms with van der Waals surface area (Å²) in [5.74, 6) is -3.61. The summed E-state index contributed by atoms with van der Waals surface area (Å²) in [5.41, 5.74) is 0.703. The average molecular weight is 396 g/mol. The molecule has 2 aromatic carbocycles. The molecule has 2 heterocycles. The SMILES string of the molecule is COC(=O)[C@]1(C)N[C@H](c2ccc(F)cc2)[C@@H]2C(=O)N(c3ccc(C)cc3)C(=O)[C@@H]21. The Labute approximate surface area is 167 Å². The molecule has 0 aromatic heterocycles. The number of ether oxygens (including phenoxy) is 1. The molecule has 2 saturated heterocycles. The van der Waals surface area contributed by atoms with Crippen molar-refractivity contribution in [3.05, 3.63) is 65.5 Å². The normalized spacial score (nSPS) is 28.6. The van der Waals surface area contributed by atoms with Crippen LogP contribution in [-0.2, 0) is 19.1 Å². The largest absolute Gasteiger partial charge is 0.468 e. The van der Waals surface area contributed by atoms with Crippen molar-refractivity contribution in [2.24, 2.45) is 11.8 Å². The Kier molecular flexibility index (Phi) is 4.50. The van der Waals surface area contributed by atoms with E-state index in [-0.39, 0.29) is 0 Å². The number of rotatable bonds is 3. The Morgan fingerprint density at radius 3 is 2.28 bits per heavy atom. The first-order valence-corrected chi connectivity index (χ1v) is 9.34. The van der Waals surface area contributed by atoms with Gasteiger partial charge in [0.05, 0.1) is 24.6 Å². The molecule has 2 aromatic rings. The molecule has 1 N–H and O–H groups in total. The van der Waals surface area contributed by atoms with E-state index in [0.717, 1.165) is 10.5 Å². The number of hydrogen-bond donors (Lipinski definition) is 1. The number of halogens is 1. The number of aryl methyl sites for hydroxylation is 1. The molecular formula is C22H21FN2O4. The van der Waals surface area contributed by atoms with Crippen LogP contribution in [0.4, 0.5) is 10.1 Å². The van der Waals surface area contributed by atoms with Gasteiger partial charge in [-0.3, -0.25) is 19.7 Å². The minimum Gasteiger partial charge on any atom is -0.468 e. The first kappa shape index (κ1) is 19.3. The molecule has 0 spiro atoms. The van der Waals surface area contributed by atoms with Gasteiger partial charge in [0.25, 0.3) is 0 Å². The number of carbonyl (C=O) groups excluding carboxylic acids is 3. The minimum atomic E-state index is -1.38. The molecule has 2 aliphatic heterocycles. The number of imide groups is 1. The molecule has 0 aliphatic carbocycles. The first-order chi connectivity index (χ1) is 13.8. The molecule has 150 valence electrons. The van der Waals surface area contributed by atoms with Crippen molar-refractivity contribution in [2.45, 2.75) is 25.4 Å². The highest BCUT2D eigenvalue weighted by molar-refractivity contribution is 6.24. The molecule has 0 saturated carbocycles. The number of benzene rings is 2. The monoisotopic (exact) mass is 396 g/mol. The van der Waals surface area contributed by atoms with Crippen molar-refractivity contribution >= 4 is 23.5 Å². The van der Waals surface area contributed by atoms with Crippen LogP contribution in [-0.4, -0.2) is 30.4 Å². The molecule has 0 bridgehead atoms. The fraction of sp³-hybridized carbons (Fsp3) is 0.318. The second-order valence-electron chi connectivity index (χ2n) is 7.72. The molecule has 2 aliphatic rings. The average Bonchev–Trinajstić information content (AvgIpc) is 3.17. The lowest BCUT2D eigenvalue weighted by atomic mass is 9.80. The number of amides is 2. The number of carbonyl (C=O) groups is 3. The molecule has 4 atom stereocenters. The molecule has 7 heteroatoms. The zero-order valence-corrected chi connectivity index (χ0v) is 16.3. The maximum Gasteiger partial charge on any atom is 0.326 e. The Morgan fingerprint density at radius 2 is 1.69 bits per heavy atom. The second-order valence-corrected chi connectivity index (χ2v) is 7.72. The van der Waals surface area contributed by atoms with Crippen LogP contribution in [0.25, 0.3) is 0 Å². The van der Waals surface area contributed by atoms with Crippen LogP contribution in [0.3, 0.4) is 0 Å². The third-order valence-corrected chi connectivity index (χ3v) is 5.92. The quantitative estimate of drug-likeness (QED) is 0.637. The first-order valence-electron chi connectivity index (χ1n) is 9.34. The summed E-state index contributed by atoms with van der Waals surface area (Å²) in [4.78, 5) is 40.5. The summed E-state index contributed by atoms with van der Waals surface area (Å²) in [6.07, 6.45) is 0. The van der Waals surface area contributed by atoms with Crippen LogP contribution in [0, 0.1) is 24.6 Å². The van der Waals surface area contributed by atoms with E-state index < -0.39 is 47.0 Å². The van der Waals surface area contributed by atoms with Gasteiger partial charge in [-0.25, -0.2) is 9.29 Å². The standard InChI is InChI=1S/C22H21FN2O4/c1-12-4-10-15(11-5-12)25-19(26)16-17(20(25)27)22(2,21(28)29-3)24-18(16)13-6-8-14(23)9-7-13/h4-11,16-18,24H,1-3H3/t16-,17-,18-,22-/m1/s1. The Hall–Kier alpha value is -3.06.